The predicted molar refractivity (Wildman–Crippen MR) is 85.8 cm³/mol. The molecule has 0 saturated carbocycles. The lowest BCUT2D eigenvalue weighted by Crippen LogP contribution is -2.38. The quantitative estimate of drug-likeness (QED) is 0.690. The summed E-state index contributed by atoms with van der Waals surface area (Å²) in [6.45, 7) is 0. The maximum Gasteiger partial charge on any atom is 0.255 e. The molecule has 3 aromatic rings. The number of nitrogens with zero attached hydrogens (tertiary/aromatic N) is 2. The third-order valence-corrected chi connectivity index (χ3v) is 4.38. The third-order valence-electron chi connectivity index (χ3n) is 4.38. The van der Waals surface area contributed by atoms with Crippen LogP contribution in [0.3, 0.4) is 0 Å². The van der Waals surface area contributed by atoms with Gasteiger partial charge in [-0.05, 0) is 30.5 Å². The Morgan fingerprint density at radius 3 is 2.92 bits per heavy atom. The second-order valence-electron chi connectivity index (χ2n) is 5.93. The number of hydrogen-bond donors (Lipinski definition) is 3. The van der Waals surface area contributed by atoms with Gasteiger partial charge in [0.15, 0.2) is 0 Å². The molecule has 0 aliphatic heterocycles. The second kappa shape index (κ2) is 5.92. The molecule has 1 atom stereocenters. The zero-order valence-electron chi connectivity index (χ0n) is 12.8. The van der Waals surface area contributed by atoms with Crippen LogP contribution in [0.25, 0.3) is 11.3 Å². The molecule has 24 heavy (non-hydrogen) atoms. The van der Waals surface area contributed by atoms with Gasteiger partial charge in [-0.25, -0.2) is 4.39 Å². The van der Waals surface area contributed by atoms with Gasteiger partial charge in [0.2, 0.25) is 0 Å². The molecule has 2 heterocycles. The molecule has 4 rings (SSSR count). The van der Waals surface area contributed by atoms with Crippen molar-refractivity contribution in [3.8, 4) is 11.3 Å². The molecule has 122 valence electrons. The largest absolute Gasteiger partial charge is 0.349 e. The van der Waals surface area contributed by atoms with Gasteiger partial charge in [-0.15, -0.1) is 0 Å². The van der Waals surface area contributed by atoms with Gasteiger partial charge in [-0.2, -0.15) is 10.2 Å². The molecule has 0 bridgehead atoms. The van der Waals surface area contributed by atoms with Crippen molar-refractivity contribution >= 4 is 5.91 Å². The maximum atomic E-state index is 14.0. The minimum Gasteiger partial charge on any atom is -0.349 e. The number of benzene rings is 1. The first-order valence-corrected chi connectivity index (χ1v) is 7.82. The van der Waals surface area contributed by atoms with Crippen LogP contribution in [-0.2, 0) is 12.8 Å². The number of halogens is 1. The summed E-state index contributed by atoms with van der Waals surface area (Å²) in [7, 11) is 0. The van der Waals surface area contributed by atoms with Gasteiger partial charge in [0.05, 0.1) is 23.7 Å². The molecule has 1 amide bonds. The molecular weight excluding hydrogens is 309 g/mol. The molecule has 3 N–H and O–H groups in total. The molecule has 2 aromatic heterocycles. The lowest BCUT2D eigenvalue weighted by Gasteiger charge is -2.22. The number of fused-ring (bicyclic) bond motifs is 1. The summed E-state index contributed by atoms with van der Waals surface area (Å²) < 4.78 is 14.0. The first kappa shape index (κ1) is 14.6. The zero-order chi connectivity index (χ0) is 16.5. The van der Waals surface area contributed by atoms with E-state index in [-0.39, 0.29) is 11.9 Å². The van der Waals surface area contributed by atoms with E-state index < -0.39 is 5.82 Å². The summed E-state index contributed by atoms with van der Waals surface area (Å²) in [5.74, 6) is -0.648. The van der Waals surface area contributed by atoms with E-state index in [1.807, 2.05) is 6.20 Å². The molecule has 0 radical (unpaired) electrons. The van der Waals surface area contributed by atoms with Crippen LogP contribution in [0.1, 0.15) is 28.0 Å². The molecule has 1 aliphatic carbocycles. The van der Waals surface area contributed by atoms with Gasteiger partial charge < -0.3 is 5.32 Å². The molecule has 6 nitrogen and oxygen atoms in total. The highest BCUT2D eigenvalue weighted by Crippen LogP contribution is 2.25. The third kappa shape index (κ3) is 2.58. The fourth-order valence-corrected chi connectivity index (χ4v) is 3.12. The minimum atomic E-state index is -0.393. The van der Waals surface area contributed by atoms with Crippen LogP contribution >= 0.6 is 0 Å². The van der Waals surface area contributed by atoms with Gasteiger partial charge in [-0.3, -0.25) is 15.0 Å². The van der Waals surface area contributed by atoms with Crippen molar-refractivity contribution in [3.63, 3.8) is 0 Å². The average molecular weight is 325 g/mol. The van der Waals surface area contributed by atoms with E-state index in [0.29, 0.717) is 23.2 Å². The standard InChI is InChI=1S/C17H16FN5O/c18-14-4-2-1-3-12(14)16-13(9-20-23-16)17(24)21-11-6-5-10-8-19-22-15(10)7-11/h1-4,8-9,11H,5-7H2,(H,19,22)(H,20,23)(H,21,24)/t11-/m1/s1. The first-order valence-electron chi connectivity index (χ1n) is 7.82. The van der Waals surface area contributed by atoms with Crippen LogP contribution in [-0.4, -0.2) is 32.3 Å². The van der Waals surface area contributed by atoms with Gasteiger partial charge in [0.1, 0.15) is 5.82 Å². The number of aryl methyl sites for hydroxylation is 1. The van der Waals surface area contributed by atoms with Crippen molar-refractivity contribution in [1.29, 1.82) is 0 Å². The topological polar surface area (TPSA) is 86.5 Å². The normalized spacial score (nSPS) is 16.6. The Bertz CT molecular complexity index is 885. The van der Waals surface area contributed by atoms with Gasteiger partial charge >= 0.3 is 0 Å². The van der Waals surface area contributed by atoms with E-state index in [2.05, 4.69) is 25.7 Å². The number of aromatic amines is 2. The highest BCUT2D eigenvalue weighted by atomic mass is 19.1. The van der Waals surface area contributed by atoms with E-state index in [4.69, 9.17) is 0 Å². The van der Waals surface area contributed by atoms with Crippen LogP contribution in [0.2, 0.25) is 0 Å². The number of carbonyl (C=O) groups is 1. The fraction of sp³-hybridized carbons (Fsp3) is 0.235. The smallest absolute Gasteiger partial charge is 0.255 e. The number of hydrogen-bond acceptors (Lipinski definition) is 3. The molecule has 0 saturated heterocycles. The molecule has 1 aromatic carbocycles. The minimum absolute atomic E-state index is 0.0221. The molecule has 0 fully saturated rings. The maximum absolute atomic E-state index is 14.0. The van der Waals surface area contributed by atoms with Crippen LogP contribution in [0.15, 0.2) is 36.7 Å². The summed E-state index contributed by atoms with van der Waals surface area (Å²) in [5, 5.41) is 16.7. The SMILES string of the molecule is O=C(N[C@@H]1CCc2cn[nH]c2C1)c1cn[nH]c1-c1ccccc1F. The molecule has 0 spiro atoms. The number of rotatable bonds is 3. The van der Waals surface area contributed by atoms with Crippen LogP contribution in [0.4, 0.5) is 4.39 Å². The number of amides is 1. The monoisotopic (exact) mass is 325 g/mol. The first-order chi connectivity index (χ1) is 11.7. The zero-order valence-corrected chi connectivity index (χ0v) is 12.8. The molecule has 1 aliphatic rings. The fourth-order valence-electron chi connectivity index (χ4n) is 3.12. The van der Waals surface area contributed by atoms with Crippen LogP contribution < -0.4 is 5.32 Å². The van der Waals surface area contributed by atoms with E-state index >= 15 is 0 Å². The van der Waals surface area contributed by atoms with Crippen molar-refractivity contribution in [3.05, 3.63) is 59.3 Å². The molecular formula is C17H16FN5O. The Morgan fingerprint density at radius 2 is 2.04 bits per heavy atom. The predicted octanol–water partition coefficient (Wildman–Crippen LogP) is 2.23. The van der Waals surface area contributed by atoms with E-state index in [1.54, 1.807) is 18.2 Å². The van der Waals surface area contributed by atoms with Crippen LogP contribution in [0, 0.1) is 5.82 Å². The average Bonchev–Trinajstić information content (AvgIpc) is 3.24. The Morgan fingerprint density at radius 1 is 1.21 bits per heavy atom. The van der Waals surface area contributed by atoms with Gasteiger partial charge in [0.25, 0.3) is 5.91 Å². The number of H-pyrrole nitrogens is 2. The van der Waals surface area contributed by atoms with E-state index in [1.165, 1.54) is 17.8 Å². The number of nitrogens with one attached hydrogen (secondary N) is 3. The van der Waals surface area contributed by atoms with Gasteiger partial charge in [-0.1, -0.05) is 12.1 Å². The summed E-state index contributed by atoms with van der Waals surface area (Å²) in [4.78, 5) is 12.6. The van der Waals surface area contributed by atoms with E-state index in [9.17, 15) is 9.18 Å². The summed E-state index contributed by atoms with van der Waals surface area (Å²) >= 11 is 0. The van der Waals surface area contributed by atoms with Crippen molar-refractivity contribution in [2.45, 2.75) is 25.3 Å². The molecule has 0 unspecified atom stereocenters. The summed E-state index contributed by atoms with van der Waals surface area (Å²) in [6, 6.07) is 6.34. The van der Waals surface area contributed by atoms with E-state index in [0.717, 1.165) is 18.5 Å². The van der Waals surface area contributed by atoms with Crippen molar-refractivity contribution in [2.75, 3.05) is 0 Å². The highest BCUT2D eigenvalue weighted by molar-refractivity contribution is 5.99. The summed E-state index contributed by atoms with van der Waals surface area (Å²) in [6.07, 6.45) is 5.71. The number of carbonyl (C=O) groups excluding carboxylic acids is 1. The lowest BCUT2D eigenvalue weighted by molar-refractivity contribution is 0.0934. The Hall–Kier alpha value is -2.96. The summed E-state index contributed by atoms with van der Waals surface area (Å²) in [5.41, 5.74) is 3.34. The second-order valence-corrected chi connectivity index (χ2v) is 5.93. The number of aromatic nitrogens is 4. The molecule has 7 heteroatoms. The van der Waals surface area contributed by atoms with Crippen molar-refractivity contribution in [1.82, 2.24) is 25.7 Å². The van der Waals surface area contributed by atoms with Crippen molar-refractivity contribution < 1.29 is 9.18 Å². The Balaban J connectivity index is 1.54. The Labute approximate surface area is 137 Å². The Kier molecular flexibility index (Phi) is 3.60. The van der Waals surface area contributed by atoms with Crippen molar-refractivity contribution in [2.24, 2.45) is 0 Å². The lowest BCUT2D eigenvalue weighted by atomic mass is 9.93. The van der Waals surface area contributed by atoms with Crippen LogP contribution in [0.5, 0.6) is 0 Å². The van der Waals surface area contributed by atoms with Gasteiger partial charge in [0, 0.05) is 23.7 Å². The highest BCUT2D eigenvalue weighted by Gasteiger charge is 2.24.